The molecule has 1 atom stereocenters. The van der Waals surface area contributed by atoms with E-state index >= 15 is 0 Å². The molecule has 1 unspecified atom stereocenters. The molecule has 0 aromatic heterocycles. The molecule has 5 heteroatoms. The van der Waals surface area contributed by atoms with Crippen LogP contribution in [0.4, 0.5) is 0 Å². The van der Waals surface area contributed by atoms with Crippen LogP contribution < -0.4 is 4.74 Å². The summed E-state index contributed by atoms with van der Waals surface area (Å²) >= 11 is 11.7. The number of ketones is 1. The van der Waals surface area contributed by atoms with Gasteiger partial charge in [0.1, 0.15) is 11.8 Å². The first kappa shape index (κ1) is 15.4. The maximum absolute atomic E-state index is 12.3. The summed E-state index contributed by atoms with van der Waals surface area (Å²) in [5, 5.41) is 10.0. The number of hydrogen-bond donors (Lipinski definition) is 0. The van der Waals surface area contributed by atoms with E-state index in [-0.39, 0.29) is 5.78 Å². The average Bonchev–Trinajstić information content (AvgIpc) is 2.47. The van der Waals surface area contributed by atoms with Crippen molar-refractivity contribution in [2.24, 2.45) is 0 Å². The van der Waals surface area contributed by atoms with Crippen LogP contribution in [-0.2, 0) is 0 Å². The van der Waals surface area contributed by atoms with Crippen molar-refractivity contribution in [3.63, 3.8) is 0 Å². The topological polar surface area (TPSA) is 50.1 Å². The van der Waals surface area contributed by atoms with E-state index in [0.717, 1.165) is 0 Å². The van der Waals surface area contributed by atoms with E-state index in [0.29, 0.717) is 26.9 Å². The van der Waals surface area contributed by atoms with Gasteiger partial charge in [0.15, 0.2) is 6.10 Å². The van der Waals surface area contributed by atoms with Gasteiger partial charge in [0.2, 0.25) is 5.78 Å². The van der Waals surface area contributed by atoms with E-state index in [1.807, 2.05) is 6.07 Å². The van der Waals surface area contributed by atoms with Crippen LogP contribution in [0, 0.1) is 11.3 Å². The molecule has 0 aliphatic rings. The molecule has 0 aliphatic carbocycles. The van der Waals surface area contributed by atoms with Crippen LogP contribution >= 0.6 is 23.2 Å². The lowest BCUT2D eigenvalue weighted by Gasteiger charge is -2.15. The second-order valence-electron chi connectivity index (χ2n) is 4.38. The fourth-order valence-electron chi connectivity index (χ4n) is 1.78. The van der Waals surface area contributed by atoms with E-state index in [4.69, 9.17) is 33.2 Å². The summed E-state index contributed by atoms with van der Waals surface area (Å²) in [7, 11) is 0. The monoisotopic (exact) mass is 319 g/mol. The molecule has 0 aliphatic heterocycles. The second-order valence-corrected chi connectivity index (χ2v) is 5.26. The summed E-state index contributed by atoms with van der Waals surface area (Å²) in [5.74, 6) is 0.0929. The van der Waals surface area contributed by atoms with Crippen molar-refractivity contribution in [3.05, 3.63) is 63.6 Å². The quantitative estimate of drug-likeness (QED) is 0.779. The minimum atomic E-state index is -0.739. The van der Waals surface area contributed by atoms with Crippen molar-refractivity contribution in [2.45, 2.75) is 13.0 Å². The number of rotatable bonds is 4. The predicted octanol–water partition coefficient (Wildman–Crippen LogP) is 4.52. The van der Waals surface area contributed by atoms with Crippen LogP contribution in [0.25, 0.3) is 0 Å². The highest BCUT2D eigenvalue weighted by atomic mass is 35.5. The third-order valence-corrected chi connectivity index (χ3v) is 3.35. The van der Waals surface area contributed by atoms with Crippen molar-refractivity contribution >= 4 is 29.0 Å². The minimum Gasteiger partial charge on any atom is -0.481 e. The summed E-state index contributed by atoms with van der Waals surface area (Å²) in [6, 6.07) is 13.2. The highest BCUT2D eigenvalue weighted by molar-refractivity contribution is 6.31. The van der Waals surface area contributed by atoms with Crippen LogP contribution in [0.1, 0.15) is 22.8 Å². The third kappa shape index (κ3) is 3.75. The molecule has 2 aromatic carbocycles. The molecule has 3 nitrogen and oxygen atoms in total. The molecule has 106 valence electrons. The number of Topliss-reactive ketones (excluding diaryl/α,β-unsaturated/α-hetero) is 1. The Morgan fingerprint density at radius 1 is 1.14 bits per heavy atom. The zero-order valence-electron chi connectivity index (χ0n) is 11.1. The van der Waals surface area contributed by atoms with Crippen molar-refractivity contribution in [1.82, 2.24) is 0 Å². The second kappa shape index (κ2) is 6.62. The Balaban J connectivity index is 2.20. The average molecular weight is 320 g/mol. The van der Waals surface area contributed by atoms with Gasteiger partial charge in [-0.15, -0.1) is 0 Å². The van der Waals surface area contributed by atoms with Crippen LogP contribution in [0.2, 0.25) is 10.0 Å². The number of carbonyl (C=O) groups is 1. The smallest absolute Gasteiger partial charge is 0.202 e. The van der Waals surface area contributed by atoms with Gasteiger partial charge in [-0.25, -0.2) is 0 Å². The van der Waals surface area contributed by atoms with Gasteiger partial charge in [-0.05, 0) is 43.3 Å². The van der Waals surface area contributed by atoms with E-state index in [2.05, 4.69) is 0 Å². The van der Waals surface area contributed by atoms with Crippen LogP contribution in [0.15, 0.2) is 42.5 Å². The standard InChI is InChI=1S/C16H11Cl2NO2/c1-10(16(20)11-2-5-13(17)6-3-11)21-15-8-14(18)7-4-12(15)9-19/h2-8,10H,1H3. The lowest BCUT2D eigenvalue weighted by molar-refractivity contribution is 0.0818. The Morgan fingerprint density at radius 2 is 1.76 bits per heavy atom. The predicted molar refractivity (Wildman–Crippen MR) is 82.0 cm³/mol. The Bertz CT molecular complexity index is 705. The highest BCUT2D eigenvalue weighted by Crippen LogP contribution is 2.24. The van der Waals surface area contributed by atoms with E-state index in [1.54, 1.807) is 43.3 Å². The Labute approximate surface area is 132 Å². The molecule has 2 aromatic rings. The van der Waals surface area contributed by atoms with Crippen LogP contribution in [-0.4, -0.2) is 11.9 Å². The first-order valence-electron chi connectivity index (χ1n) is 6.17. The van der Waals surface area contributed by atoms with Crippen molar-refractivity contribution in [1.29, 1.82) is 5.26 Å². The van der Waals surface area contributed by atoms with Gasteiger partial charge in [0.05, 0.1) is 5.56 Å². The fraction of sp³-hybridized carbons (Fsp3) is 0.125. The number of nitrogens with zero attached hydrogens (tertiary/aromatic N) is 1. The molecule has 2 rings (SSSR count). The number of benzene rings is 2. The Morgan fingerprint density at radius 3 is 2.38 bits per heavy atom. The minimum absolute atomic E-state index is 0.199. The Hall–Kier alpha value is -2.02. The summed E-state index contributed by atoms with van der Waals surface area (Å²) in [6.07, 6.45) is -0.739. The van der Waals surface area contributed by atoms with E-state index in [9.17, 15) is 4.79 Å². The molecule has 0 spiro atoms. The molecular weight excluding hydrogens is 309 g/mol. The van der Waals surface area contributed by atoms with Crippen molar-refractivity contribution in [3.8, 4) is 11.8 Å². The molecule has 0 heterocycles. The van der Waals surface area contributed by atoms with Gasteiger partial charge >= 0.3 is 0 Å². The number of ether oxygens (including phenoxy) is 1. The molecule has 0 saturated carbocycles. The van der Waals surface area contributed by atoms with Crippen LogP contribution in [0.3, 0.4) is 0 Å². The summed E-state index contributed by atoms with van der Waals surface area (Å²) in [4.78, 5) is 12.3. The maximum Gasteiger partial charge on any atom is 0.202 e. The third-order valence-electron chi connectivity index (χ3n) is 2.87. The molecule has 21 heavy (non-hydrogen) atoms. The number of carbonyl (C=O) groups excluding carboxylic acids is 1. The summed E-state index contributed by atoms with van der Waals surface area (Å²) in [5.41, 5.74) is 0.822. The molecule has 0 amide bonds. The van der Waals surface area contributed by atoms with Gasteiger partial charge in [0, 0.05) is 21.7 Å². The Kier molecular flexibility index (Phi) is 4.85. The maximum atomic E-state index is 12.3. The van der Waals surface area contributed by atoms with Gasteiger partial charge < -0.3 is 4.74 Å². The highest BCUT2D eigenvalue weighted by Gasteiger charge is 2.18. The lowest BCUT2D eigenvalue weighted by Crippen LogP contribution is -2.24. The van der Waals surface area contributed by atoms with Gasteiger partial charge in [0.25, 0.3) is 0 Å². The number of hydrogen-bond acceptors (Lipinski definition) is 3. The van der Waals surface area contributed by atoms with Crippen molar-refractivity contribution in [2.75, 3.05) is 0 Å². The first-order valence-corrected chi connectivity index (χ1v) is 6.93. The zero-order valence-corrected chi connectivity index (χ0v) is 12.7. The van der Waals surface area contributed by atoms with Crippen molar-refractivity contribution < 1.29 is 9.53 Å². The first-order chi connectivity index (χ1) is 10.0. The van der Waals surface area contributed by atoms with Gasteiger partial charge in [-0.3, -0.25) is 4.79 Å². The molecule has 0 fully saturated rings. The molecular formula is C16H11Cl2NO2. The van der Waals surface area contributed by atoms with E-state index in [1.165, 1.54) is 6.07 Å². The summed E-state index contributed by atoms with van der Waals surface area (Å²) < 4.78 is 5.57. The molecule has 0 radical (unpaired) electrons. The van der Waals surface area contributed by atoms with Crippen LogP contribution in [0.5, 0.6) is 5.75 Å². The number of nitriles is 1. The van der Waals surface area contributed by atoms with Gasteiger partial charge in [-0.1, -0.05) is 23.2 Å². The largest absolute Gasteiger partial charge is 0.481 e. The lowest BCUT2D eigenvalue weighted by atomic mass is 10.1. The summed E-state index contributed by atoms with van der Waals surface area (Å²) in [6.45, 7) is 1.62. The molecule has 0 saturated heterocycles. The normalized spacial score (nSPS) is 11.5. The molecule has 0 bridgehead atoms. The number of halogens is 2. The molecule has 0 N–H and O–H groups in total. The van der Waals surface area contributed by atoms with E-state index < -0.39 is 6.10 Å². The fourth-order valence-corrected chi connectivity index (χ4v) is 2.07. The van der Waals surface area contributed by atoms with Gasteiger partial charge in [-0.2, -0.15) is 5.26 Å². The zero-order chi connectivity index (χ0) is 15.4. The SMILES string of the molecule is CC(Oc1cc(Cl)ccc1C#N)C(=O)c1ccc(Cl)cc1.